The number of anilines is 1. The third-order valence-electron chi connectivity index (χ3n) is 7.74. The molecule has 0 spiro atoms. The van der Waals surface area contributed by atoms with Crippen molar-refractivity contribution in [3.63, 3.8) is 0 Å². The lowest BCUT2D eigenvalue weighted by molar-refractivity contribution is -0.124. The largest absolute Gasteiger partial charge is 0.493 e. The summed E-state index contributed by atoms with van der Waals surface area (Å²) in [6, 6.07) is 14.8. The predicted octanol–water partition coefficient (Wildman–Crippen LogP) is 3.80. The van der Waals surface area contributed by atoms with Crippen LogP contribution in [0.5, 0.6) is 11.5 Å². The molecule has 2 aromatic carbocycles. The number of carbonyl (C=O) groups excluding carboxylic acids is 2. The first-order chi connectivity index (χ1) is 19.0. The molecule has 40 heavy (non-hydrogen) atoms. The molecule has 0 bridgehead atoms. The number of methoxy groups -OCH3 is 1. The molecular weight excluding hydrogens is 508 g/mol. The van der Waals surface area contributed by atoms with Crippen LogP contribution in [0.2, 0.25) is 0 Å². The lowest BCUT2D eigenvalue weighted by atomic mass is 9.88. The van der Waals surface area contributed by atoms with E-state index < -0.39 is 17.2 Å². The van der Waals surface area contributed by atoms with Crippen molar-refractivity contribution in [1.82, 2.24) is 10.3 Å². The number of amides is 1. The number of ketones is 1. The van der Waals surface area contributed by atoms with Gasteiger partial charge in [0, 0.05) is 42.6 Å². The second-order valence-corrected chi connectivity index (χ2v) is 11.2. The number of hydrogen-bond donors (Lipinski definition) is 4. The fraction of sp³-hybridized carbons (Fsp3) is 0.387. The summed E-state index contributed by atoms with van der Waals surface area (Å²) < 4.78 is 11.2. The number of nitrogens with zero attached hydrogens (tertiary/aromatic N) is 1. The number of hydrogen-bond acceptors (Lipinski definition) is 8. The Morgan fingerprint density at radius 3 is 2.60 bits per heavy atom. The molecule has 1 amide bonds. The van der Waals surface area contributed by atoms with Crippen molar-refractivity contribution < 1.29 is 24.2 Å². The highest BCUT2D eigenvalue weighted by atomic mass is 16.5. The number of aliphatic hydroxyl groups is 1. The highest BCUT2D eigenvalue weighted by molar-refractivity contribution is 5.96. The molecule has 5 N–H and O–H groups in total. The van der Waals surface area contributed by atoms with Crippen LogP contribution in [-0.2, 0) is 15.9 Å². The molecule has 3 heterocycles. The minimum atomic E-state index is -1.38. The number of fused-ring (bicyclic) bond motifs is 1. The molecule has 1 fully saturated rings. The third-order valence-corrected chi connectivity index (χ3v) is 7.74. The summed E-state index contributed by atoms with van der Waals surface area (Å²) in [5.74, 6) is 0.447. The van der Waals surface area contributed by atoms with Crippen LogP contribution in [0.1, 0.15) is 60.3 Å². The number of carbonyl (C=O) groups is 2. The van der Waals surface area contributed by atoms with E-state index in [1.165, 1.54) is 7.11 Å². The number of nitrogens with two attached hydrogens (primary N) is 1. The van der Waals surface area contributed by atoms with Gasteiger partial charge in [-0.1, -0.05) is 29.8 Å². The van der Waals surface area contributed by atoms with Crippen LogP contribution in [0.4, 0.5) is 5.69 Å². The summed E-state index contributed by atoms with van der Waals surface area (Å²) in [5.41, 5.74) is 10.0. The standard InChI is InChI=1S/C31H36N4O5/c1-18-5-7-19(8-6-18)27-28-21(30(2,32)17-34-28)16-26(35-27)31(3,38)13-11-22(36)20-9-10-23(25(15-20)39-4)40-24-12-14-33-29(24)37/h5-10,15-16,24,34,38H,11-14,17,32H2,1-4H3,(H,33,37). The SMILES string of the molecule is COc1cc(C(=O)CCC(C)(O)c2cc3c(c(-c4ccc(C)cc4)n2)NCC3(C)N)ccc1OC1CCNC1=O. The van der Waals surface area contributed by atoms with Gasteiger partial charge in [-0.15, -0.1) is 0 Å². The average molecular weight is 545 g/mol. The van der Waals surface area contributed by atoms with Gasteiger partial charge in [-0.05, 0) is 51.5 Å². The lowest BCUT2D eigenvalue weighted by Crippen LogP contribution is -2.35. The van der Waals surface area contributed by atoms with Crippen LogP contribution in [0.3, 0.4) is 0 Å². The van der Waals surface area contributed by atoms with Crippen molar-refractivity contribution in [1.29, 1.82) is 0 Å². The number of pyridine rings is 1. The highest BCUT2D eigenvalue weighted by Gasteiger charge is 2.37. The molecule has 3 atom stereocenters. The zero-order valence-corrected chi connectivity index (χ0v) is 23.3. The fourth-order valence-electron chi connectivity index (χ4n) is 5.14. The van der Waals surface area contributed by atoms with E-state index in [0.29, 0.717) is 42.3 Å². The molecule has 3 aromatic rings. The maximum absolute atomic E-state index is 13.2. The van der Waals surface area contributed by atoms with Crippen molar-refractivity contribution in [3.05, 3.63) is 70.9 Å². The number of aryl methyl sites for hydroxylation is 1. The minimum absolute atomic E-state index is 0.0815. The van der Waals surface area contributed by atoms with Crippen molar-refractivity contribution in [2.45, 2.75) is 57.3 Å². The number of ether oxygens (including phenoxy) is 2. The summed E-state index contributed by atoms with van der Waals surface area (Å²) >= 11 is 0. The van der Waals surface area contributed by atoms with Crippen molar-refractivity contribution >= 4 is 17.4 Å². The Hall–Kier alpha value is -3.95. The van der Waals surface area contributed by atoms with Gasteiger partial charge in [-0.3, -0.25) is 9.59 Å². The van der Waals surface area contributed by atoms with E-state index in [1.807, 2.05) is 44.2 Å². The van der Waals surface area contributed by atoms with Crippen LogP contribution < -0.4 is 25.8 Å². The first kappa shape index (κ1) is 27.6. The maximum atomic E-state index is 13.2. The fourth-order valence-corrected chi connectivity index (χ4v) is 5.14. The zero-order valence-electron chi connectivity index (χ0n) is 23.3. The van der Waals surface area contributed by atoms with Crippen molar-refractivity contribution in [2.24, 2.45) is 5.73 Å². The lowest BCUT2D eigenvalue weighted by Gasteiger charge is -2.26. The van der Waals surface area contributed by atoms with Gasteiger partial charge in [0.25, 0.3) is 5.91 Å². The second-order valence-electron chi connectivity index (χ2n) is 11.2. The molecule has 210 valence electrons. The molecule has 0 saturated carbocycles. The number of nitrogens with one attached hydrogen (secondary N) is 2. The van der Waals surface area contributed by atoms with Crippen molar-refractivity contribution in [3.8, 4) is 22.8 Å². The van der Waals surface area contributed by atoms with E-state index >= 15 is 0 Å². The number of rotatable bonds is 9. The zero-order chi connectivity index (χ0) is 28.7. The van der Waals surface area contributed by atoms with E-state index in [9.17, 15) is 14.7 Å². The molecular formula is C31H36N4O5. The second kappa shape index (κ2) is 10.6. The van der Waals surface area contributed by atoms with Gasteiger partial charge in [-0.25, -0.2) is 4.98 Å². The molecule has 3 unspecified atom stereocenters. The Morgan fingerprint density at radius 1 is 1.18 bits per heavy atom. The monoisotopic (exact) mass is 544 g/mol. The topological polar surface area (TPSA) is 136 Å². The number of aromatic nitrogens is 1. The summed E-state index contributed by atoms with van der Waals surface area (Å²) in [5, 5.41) is 17.7. The van der Waals surface area contributed by atoms with Gasteiger partial charge < -0.3 is 30.9 Å². The van der Waals surface area contributed by atoms with Crippen LogP contribution >= 0.6 is 0 Å². The Labute approximate surface area is 234 Å². The Kier molecular flexibility index (Phi) is 7.29. The van der Waals surface area contributed by atoms with Gasteiger partial charge in [0.2, 0.25) is 0 Å². The summed E-state index contributed by atoms with van der Waals surface area (Å²) in [7, 11) is 1.49. The smallest absolute Gasteiger partial charge is 0.261 e. The molecule has 0 aliphatic carbocycles. The van der Waals surface area contributed by atoms with Crippen LogP contribution in [0, 0.1) is 6.92 Å². The Morgan fingerprint density at radius 2 is 1.93 bits per heavy atom. The van der Waals surface area contributed by atoms with Gasteiger partial charge in [0.05, 0.1) is 29.7 Å². The predicted molar refractivity (Wildman–Crippen MR) is 153 cm³/mol. The van der Waals surface area contributed by atoms with Crippen LogP contribution in [0.25, 0.3) is 11.3 Å². The molecule has 1 saturated heterocycles. The van der Waals surface area contributed by atoms with Crippen LogP contribution in [-0.4, -0.2) is 48.1 Å². The molecule has 2 aliphatic heterocycles. The summed E-state index contributed by atoms with van der Waals surface area (Å²) in [6.07, 6.45) is 0.223. The van der Waals surface area contributed by atoms with E-state index in [4.69, 9.17) is 20.2 Å². The summed E-state index contributed by atoms with van der Waals surface area (Å²) in [6.45, 7) is 6.77. The van der Waals surface area contributed by atoms with Gasteiger partial charge in [0.15, 0.2) is 23.4 Å². The van der Waals surface area contributed by atoms with Crippen LogP contribution in [0.15, 0.2) is 48.5 Å². The molecule has 9 heteroatoms. The summed E-state index contributed by atoms with van der Waals surface area (Å²) in [4.78, 5) is 30.0. The minimum Gasteiger partial charge on any atom is -0.493 e. The highest BCUT2D eigenvalue weighted by Crippen LogP contribution is 2.42. The van der Waals surface area contributed by atoms with E-state index in [2.05, 4.69) is 10.6 Å². The normalized spacial score (nSPS) is 21.2. The number of Topliss-reactive ketones (excluding diaryl/α,β-unsaturated/α-hetero) is 1. The first-order valence-corrected chi connectivity index (χ1v) is 13.5. The molecule has 9 nitrogen and oxygen atoms in total. The first-order valence-electron chi connectivity index (χ1n) is 13.5. The van der Waals surface area contributed by atoms with Gasteiger partial charge in [-0.2, -0.15) is 0 Å². The van der Waals surface area contributed by atoms with E-state index in [-0.39, 0.29) is 24.5 Å². The number of benzene rings is 2. The maximum Gasteiger partial charge on any atom is 0.261 e. The molecule has 1 aromatic heterocycles. The van der Waals surface area contributed by atoms with Crippen molar-refractivity contribution in [2.75, 3.05) is 25.5 Å². The molecule has 2 aliphatic rings. The third kappa shape index (κ3) is 5.39. The molecule has 5 rings (SSSR count). The van der Waals surface area contributed by atoms with E-state index in [0.717, 1.165) is 28.1 Å². The Bertz CT molecular complexity index is 1450. The molecule has 0 radical (unpaired) electrons. The van der Waals surface area contributed by atoms with Gasteiger partial charge >= 0.3 is 0 Å². The quantitative estimate of drug-likeness (QED) is 0.299. The Balaban J connectivity index is 1.37. The van der Waals surface area contributed by atoms with E-state index in [1.54, 1.807) is 25.1 Å². The average Bonchev–Trinajstić information content (AvgIpc) is 3.48. The van der Waals surface area contributed by atoms with Gasteiger partial charge in [0.1, 0.15) is 5.60 Å².